The fourth-order valence-electron chi connectivity index (χ4n) is 5.30. The van der Waals surface area contributed by atoms with E-state index in [1.807, 2.05) is 45.3 Å². The van der Waals surface area contributed by atoms with Crippen molar-refractivity contribution in [3.8, 4) is 5.69 Å². The Bertz CT molecular complexity index is 1510. The highest BCUT2D eigenvalue weighted by atomic mass is 32.1. The summed E-state index contributed by atoms with van der Waals surface area (Å²) in [5.74, 6) is -0.943. The van der Waals surface area contributed by atoms with Crippen molar-refractivity contribution in [1.82, 2.24) is 14.9 Å². The number of anilines is 2. The standard InChI is InChI=1S/C30H31N5O2S/c1-18-9-10-21(29(36)37)17-26(18)34-19(2)16-24(20(34)3)28-27(25-8-6-7-15-31-25)32-30(38)35(28)23-13-11-22(12-14-23)33(4)5/h6-17,27-28H,1-5H3,(H,32,38)(H,36,37)/t27-,28-/m1/s1. The second-order valence-electron chi connectivity index (χ2n) is 9.88. The molecule has 1 aliphatic rings. The predicted molar refractivity (Wildman–Crippen MR) is 156 cm³/mol. The van der Waals surface area contributed by atoms with E-state index in [1.165, 1.54) is 0 Å². The Morgan fingerprint density at radius 2 is 1.76 bits per heavy atom. The zero-order valence-corrected chi connectivity index (χ0v) is 23.0. The SMILES string of the molecule is Cc1ccc(C(=O)O)cc1-n1c(C)cc([C@@H]2[C@@H](c3ccccn3)NC(=S)N2c2ccc(N(C)C)cc2)c1C. The maximum atomic E-state index is 11.7. The molecule has 2 aromatic heterocycles. The van der Waals surface area contributed by atoms with Crippen molar-refractivity contribution in [2.75, 3.05) is 23.9 Å². The molecular formula is C30H31N5O2S. The van der Waals surface area contributed by atoms with E-state index < -0.39 is 5.97 Å². The first-order valence-electron chi connectivity index (χ1n) is 12.5. The van der Waals surface area contributed by atoms with Crippen LogP contribution >= 0.6 is 12.2 Å². The molecule has 0 radical (unpaired) electrons. The predicted octanol–water partition coefficient (Wildman–Crippen LogP) is 5.74. The van der Waals surface area contributed by atoms with E-state index in [2.05, 4.69) is 68.8 Å². The lowest BCUT2D eigenvalue weighted by atomic mass is 9.96. The van der Waals surface area contributed by atoms with E-state index in [0.29, 0.717) is 5.11 Å². The fraction of sp³-hybridized carbons (Fsp3) is 0.233. The van der Waals surface area contributed by atoms with Crippen LogP contribution in [-0.2, 0) is 0 Å². The highest BCUT2D eigenvalue weighted by molar-refractivity contribution is 7.80. The summed E-state index contributed by atoms with van der Waals surface area (Å²) in [4.78, 5) is 20.6. The Morgan fingerprint density at radius 1 is 1.03 bits per heavy atom. The van der Waals surface area contributed by atoms with Gasteiger partial charge in [0.1, 0.15) is 0 Å². The monoisotopic (exact) mass is 525 g/mol. The van der Waals surface area contributed by atoms with E-state index in [0.717, 1.165) is 45.3 Å². The van der Waals surface area contributed by atoms with Crippen molar-refractivity contribution in [2.24, 2.45) is 0 Å². The van der Waals surface area contributed by atoms with Crippen molar-refractivity contribution in [2.45, 2.75) is 32.9 Å². The lowest BCUT2D eigenvalue weighted by Gasteiger charge is -2.28. The first-order valence-corrected chi connectivity index (χ1v) is 12.9. The van der Waals surface area contributed by atoms with Gasteiger partial charge in [-0.25, -0.2) is 4.79 Å². The maximum absolute atomic E-state index is 11.7. The zero-order valence-electron chi connectivity index (χ0n) is 22.1. The Kier molecular flexibility index (Phi) is 6.67. The van der Waals surface area contributed by atoms with Gasteiger partial charge in [0.2, 0.25) is 0 Å². The number of carboxylic acid groups (broad SMARTS) is 1. The molecule has 0 aliphatic carbocycles. The highest BCUT2D eigenvalue weighted by Crippen LogP contribution is 2.44. The van der Waals surface area contributed by atoms with Gasteiger partial charge < -0.3 is 24.8 Å². The van der Waals surface area contributed by atoms with Gasteiger partial charge in [0.15, 0.2) is 5.11 Å². The quantitative estimate of drug-likeness (QED) is 0.311. The van der Waals surface area contributed by atoms with Gasteiger partial charge >= 0.3 is 5.97 Å². The van der Waals surface area contributed by atoms with E-state index in [1.54, 1.807) is 18.3 Å². The summed E-state index contributed by atoms with van der Waals surface area (Å²) in [7, 11) is 4.04. The van der Waals surface area contributed by atoms with Gasteiger partial charge in [0.25, 0.3) is 0 Å². The largest absolute Gasteiger partial charge is 0.478 e. The molecule has 3 heterocycles. The Hall–Kier alpha value is -4.17. The summed E-state index contributed by atoms with van der Waals surface area (Å²) < 4.78 is 2.14. The minimum Gasteiger partial charge on any atom is -0.478 e. The van der Waals surface area contributed by atoms with Crippen LogP contribution in [-0.4, -0.2) is 39.8 Å². The van der Waals surface area contributed by atoms with Gasteiger partial charge in [0, 0.05) is 48.7 Å². The molecule has 1 fully saturated rings. The van der Waals surface area contributed by atoms with E-state index in [-0.39, 0.29) is 17.6 Å². The molecule has 8 heteroatoms. The third kappa shape index (κ3) is 4.41. The number of hydrogen-bond donors (Lipinski definition) is 2. The minimum absolute atomic E-state index is 0.162. The average molecular weight is 526 g/mol. The lowest BCUT2D eigenvalue weighted by Crippen LogP contribution is -2.29. The summed E-state index contributed by atoms with van der Waals surface area (Å²) >= 11 is 5.91. The van der Waals surface area contributed by atoms with Crippen molar-refractivity contribution >= 4 is 34.7 Å². The van der Waals surface area contributed by atoms with Gasteiger partial charge in [-0.1, -0.05) is 12.1 Å². The van der Waals surface area contributed by atoms with Crippen LogP contribution in [0.4, 0.5) is 11.4 Å². The molecule has 7 nitrogen and oxygen atoms in total. The third-order valence-electron chi connectivity index (χ3n) is 7.23. The molecule has 38 heavy (non-hydrogen) atoms. The van der Waals surface area contributed by atoms with Gasteiger partial charge in [-0.05, 0) is 98.7 Å². The average Bonchev–Trinajstić information content (AvgIpc) is 3.39. The Morgan fingerprint density at radius 3 is 2.39 bits per heavy atom. The molecule has 5 rings (SSSR count). The van der Waals surface area contributed by atoms with Crippen molar-refractivity contribution in [1.29, 1.82) is 0 Å². The number of aromatic nitrogens is 2. The summed E-state index contributed by atoms with van der Waals surface area (Å²) in [6.07, 6.45) is 1.80. The van der Waals surface area contributed by atoms with E-state index in [4.69, 9.17) is 12.2 Å². The molecule has 0 bridgehead atoms. The van der Waals surface area contributed by atoms with Gasteiger partial charge in [0.05, 0.1) is 23.3 Å². The molecule has 1 saturated heterocycles. The number of aromatic carboxylic acids is 1. The molecule has 194 valence electrons. The number of carbonyl (C=O) groups is 1. The van der Waals surface area contributed by atoms with Crippen LogP contribution in [0.15, 0.2) is 72.9 Å². The number of thiocarbonyl (C=S) groups is 1. The topological polar surface area (TPSA) is 73.6 Å². The lowest BCUT2D eigenvalue weighted by molar-refractivity contribution is 0.0697. The molecule has 0 spiro atoms. The zero-order chi connectivity index (χ0) is 27.1. The van der Waals surface area contributed by atoms with Crippen molar-refractivity contribution < 1.29 is 9.90 Å². The normalized spacial score (nSPS) is 17.0. The van der Waals surface area contributed by atoms with Crippen LogP contribution < -0.4 is 15.1 Å². The molecule has 2 N–H and O–H groups in total. The van der Waals surface area contributed by atoms with Crippen LogP contribution in [0, 0.1) is 20.8 Å². The fourth-order valence-corrected chi connectivity index (χ4v) is 5.65. The van der Waals surface area contributed by atoms with E-state index >= 15 is 0 Å². The molecular weight excluding hydrogens is 494 g/mol. The molecule has 2 aromatic carbocycles. The van der Waals surface area contributed by atoms with Crippen LogP contribution in [0.1, 0.15) is 50.7 Å². The number of aryl methyl sites for hydroxylation is 2. The van der Waals surface area contributed by atoms with Crippen LogP contribution in [0.2, 0.25) is 0 Å². The van der Waals surface area contributed by atoms with Crippen molar-refractivity contribution in [3.63, 3.8) is 0 Å². The molecule has 0 saturated carbocycles. The number of nitrogens with one attached hydrogen (secondary N) is 1. The minimum atomic E-state index is -0.943. The molecule has 0 amide bonds. The number of benzene rings is 2. The smallest absolute Gasteiger partial charge is 0.335 e. The third-order valence-corrected chi connectivity index (χ3v) is 7.54. The molecule has 1 aliphatic heterocycles. The van der Waals surface area contributed by atoms with Crippen LogP contribution in [0.5, 0.6) is 0 Å². The van der Waals surface area contributed by atoms with Gasteiger partial charge in [-0.15, -0.1) is 0 Å². The van der Waals surface area contributed by atoms with Gasteiger partial charge in [-0.2, -0.15) is 0 Å². The highest BCUT2D eigenvalue weighted by Gasteiger charge is 2.42. The number of rotatable bonds is 6. The van der Waals surface area contributed by atoms with Crippen molar-refractivity contribution in [3.05, 3.63) is 107 Å². The molecule has 2 atom stereocenters. The Labute approximate surface area is 228 Å². The summed E-state index contributed by atoms with van der Waals surface area (Å²) in [6, 6.07) is 21.4. The van der Waals surface area contributed by atoms with E-state index in [9.17, 15) is 9.90 Å². The number of nitrogens with zero attached hydrogens (tertiary/aromatic N) is 4. The molecule has 0 unspecified atom stereocenters. The number of carboxylic acids is 1. The van der Waals surface area contributed by atoms with Gasteiger partial charge in [-0.3, -0.25) is 4.98 Å². The number of pyridine rings is 1. The molecule has 4 aromatic rings. The first-order chi connectivity index (χ1) is 18.2. The second kappa shape index (κ2) is 9.95. The Balaban J connectivity index is 1.68. The summed E-state index contributed by atoms with van der Waals surface area (Å²) in [5.41, 5.74) is 8.27. The summed E-state index contributed by atoms with van der Waals surface area (Å²) in [6.45, 7) is 6.14. The van der Waals surface area contributed by atoms with Crippen LogP contribution in [0.3, 0.4) is 0 Å². The maximum Gasteiger partial charge on any atom is 0.335 e. The number of hydrogen-bond acceptors (Lipinski definition) is 4. The second-order valence-corrected chi connectivity index (χ2v) is 10.3. The first kappa shape index (κ1) is 25.5. The van der Waals surface area contributed by atoms with Crippen LogP contribution in [0.25, 0.3) is 5.69 Å². The summed E-state index contributed by atoms with van der Waals surface area (Å²) in [5, 5.41) is 13.8.